The molecule has 0 bridgehead atoms. The lowest BCUT2D eigenvalue weighted by Crippen LogP contribution is -2.49. The summed E-state index contributed by atoms with van der Waals surface area (Å²) in [5, 5.41) is 7.44. The van der Waals surface area contributed by atoms with E-state index in [1.807, 2.05) is 0 Å². The molecular formula is C16H19N3O4. The van der Waals surface area contributed by atoms with E-state index in [0.29, 0.717) is 43.6 Å². The zero-order chi connectivity index (χ0) is 16.2. The number of rotatable bonds is 4. The van der Waals surface area contributed by atoms with Crippen LogP contribution in [-0.2, 0) is 9.47 Å². The number of hydrogen-bond donors (Lipinski definition) is 1. The van der Waals surface area contributed by atoms with Crippen molar-refractivity contribution < 1.29 is 14.3 Å². The van der Waals surface area contributed by atoms with Crippen LogP contribution >= 0.6 is 0 Å². The number of carbonyl (C=O) groups is 1. The molecule has 122 valence electrons. The highest BCUT2D eigenvalue weighted by molar-refractivity contribution is 6.04. The van der Waals surface area contributed by atoms with Crippen molar-refractivity contribution in [3.8, 4) is 0 Å². The van der Waals surface area contributed by atoms with E-state index in [9.17, 15) is 9.59 Å². The largest absolute Gasteiger partial charge is 0.385 e. The van der Waals surface area contributed by atoms with Gasteiger partial charge in [-0.2, -0.15) is 5.10 Å². The summed E-state index contributed by atoms with van der Waals surface area (Å²) >= 11 is 0. The number of morpholine rings is 1. The lowest BCUT2D eigenvalue weighted by molar-refractivity contribution is -0.0106. The van der Waals surface area contributed by atoms with Crippen LogP contribution in [0.2, 0.25) is 0 Å². The van der Waals surface area contributed by atoms with Gasteiger partial charge in [-0.15, -0.1) is 0 Å². The first-order valence-corrected chi connectivity index (χ1v) is 7.57. The van der Waals surface area contributed by atoms with Crippen molar-refractivity contribution in [1.29, 1.82) is 0 Å². The van der Waals surface area contributed by atoms with Crippen molar-refractivity contribution in [2.75, 3.05) is 33.5 Å². The first-order chi connectivity index (χ1) is 11.2. The molecule has 0 radical (unpaired) electrons. The lowest BCUT2D eigenvalue weighted by atomic mass is 10.1. The highest BCUT2D eigenvalue weighted by atomic mass is 16.5. The smallest absolute Gasteiger partial charge is 0.275 e. The second kappa shape index (κ2) is 6.89. The van der Waals surface area contributed by atoms with Gasteiger partial charge in [0, 0.05) is 25.6 Å². The van der Waals surface area contributed by atoms with Gasteiger partial charge in [0.05, 0.1) is 24.6 Å². The van der Waals surface area contributed by atoms with Crippen LogP contribution in [0.25, 0.3) is 10.8 Å². The van der Waals surface area contributed by atoms with Gasteiger partial charge in [0.15, 0.2) is 5.69 Å². The second-order valence-electron chi connectivity index (χ2n) is 5.46. The average molecular weight is 317 g/mol. The Labute approximate surface area is 133 Å². The van der Waals surface area contributed by atoms with Crippen molar-refractivity contribution in [3.63, 3.8) is 0 Å². The first-order valence-electron chi connectivity index (χ1n) is 7.57. The Hall–Kier alpha value is -2.25. The number of ether oxygens (including phenoxy) is 2. The van der Waals surface area contributed by atoms with Crippen LogP contribution in [0, 0.1) is 0 Å². The molecule has 3 rings (SSSR count). The van der Waals surface area contributed by atoms with Crippen molar-refractivity contribution in [2.24, 2.45) is 0 Å². The third-order valence-corrected chi connectivity index (χ3v) is 4.04. The van der Waals surface area contributed by atoms with Crippen molar-refractivity contribution in [1.82, 2.24) is 15.1 Å². The maximum atomic E-state index is 12.9. The Bertz CT molecular complexity index is 758. The van der Waals surface area contributed by atoms with Gasteiger partial charge in [-0.25, -0.2) is 5.10 Å². The summed E-state index contributed by atoms with van der Waals surface area (Å²) in [6, 6.07) is 6.94. The average Bonchev–Trinajstić information content (AvgIpc) is 2.60. The molecule has 1 atom stereocenters. The summed E-state index contributed by atoms with van der Waals surface area (Å²) in [6.45, 7) is 2.03. The van der Waals surface area contributed by atoms with E-state index in [1.54, 1.807) is 36.3 Å². The maximum Gasteiger partial charge on any atom is 0.275 e. The van der Waals surface area contributed by atoms with Crippen LogP contribution in [0.1, 0.15) is 16.9 Å². The zero-order valence-electron chi connectivity index (χ0n) is 12.9. The predicted octanol–water partition coefficient (Wildman–Crippen LogP) is 0.801. The number of aromatic amines is 1. The molecule has 0 aliphatic carbocycles. The van der Waals surface area contributed by atoms with Gasteiger partial charge >= 0.3 is 0 Å². The minimum absolute atomic E-state index is 0.0521. The number of aromatic nitrogens is 2. The molecule has 1 aliphatic rings. The van der Waals surface area contributed by atoms with Crippen LogP contribution in [0.15, 0.2) is 29.1 Å². The predicted molar refractivity (Wildman–Crippen MR) is 84.5 cm³/mol. The molecule has 0 saturated carbocycles. The monoisotopic (exact) mass is 317 g/mol. The molecule has 0 spiro atoms. The summed E-state index contributed by atoms with van der Waals surface area (Å²) in [5.41, 5.74) is -0.0282. The maximum absolute atomic E-state index is 12.9. The lowest BCUT2D eigenvalue weighted by Gasteiger charge is -2.35. The van der Waals surface area contributed by atoms with Crippen LogP contribution in [0.4, 0.5) is 0 Å². The number of fused-ring (bicyclic) bond motifs is 1. The minimum atomic E-state index is -0.296. The topological polar surface area (TPSA) is 84.5 Å². The molecule has 1 unspecified atom stereocenters. The molecule has 1 aliphatic heterocycles. The van der Waals surface area contributed by atoms with Crippen LogP contribution in [0.3, 0.4) is 0 Å². The van der Waals surface area contributed by atoms with E-state index >= 15 is 0 Å². The Balaban J connectivity index is 1.96. The molecule has 23 heavy (non-hydrogen) atoms. The highest BCUT2D eigenvalue weighted by Gasteiger charge is 2.29. The first kappa shape index (κ1) is 15.6. The summed E-state index contributed by atoms with van der Waals surface area (Å²) in [6.07, 6.45) is 0.698. The molecule has 2 aromatic rings. The van der Waals surface area contributed by atoms with Crippen molar-refractivity contribution in [3.05, 3.63) is 40.3 Å². The fraction of sp³-hybridized carbons (Fsp3) is 0.438. The molecule has 1 aromatic carbocycles. The normalized spacial score (nSPS) is 18.3. The number of methoxy groups -OCH3 is 1. The summed E-state index contributed by atoms with van der Waals surface area (Å²) in [5.74, 6) is -0.193. The van der Waals surface area contributed by atoms with Gasteiger partial charge in [-0.3, -0.25) is 9.59 Å². The summed E-state index contributed by atoms with van der Waals surface area (Å²) in [4.78, 5) is 26.6. The molecule has 1 N–H and O–H groups in total. The number of carbonyl (C=O) groups excluding carboxylic acids is 1. The van der Waals surface area contributed by atoms with E-state index < -0.39 is 0 Å². The molecule has 7 heteroatoms. The van der Waals surface area contributed by atoms with Crippen LogP contribution in [0.5, 0.6) is 0 Å². The van der Waals surface area contributed by atoms with E-state index in [0.717, 1.165) is 0 Å². The Morgan fingerprint density at radius 1 is 1.43 bits per heavy atom. The quantitative estimate of drug-likeness (QED) is 0.901. The number of nitrogens with one attached hydrogen (secondary N) is 1. The standard InChI is InChI=1S/C16H19N3O4/c1-22-8-6-11-10-23-9-7-19(11)16(21)14-12-4-2-3-5-13(12)15(20)18-17-14/h2-5,11H,6-10H2,1H3,(H,18,20). The van der Waals surface area contributed by atoms with Crippen molar-refractivity contribution in [2.45, 2.75) is 12.5 Å². The molecule has 7 nitrogen and oxygen atoms in total. The Morgan fingerprint density at radius 3 is 3.00 bits per heavy atom. The van der Waals surface area contributed by atoms with Gasteiger partial charge in [0.1, 0.15) is 0 Å². The minimum Gasteiger partial charge on any atom is -0.385 e. The van der Waals surface area contributed by atoms with Crippen LogP contribution in [-0.4, -0.2) is 60.5 Å². The molecular weight excluding hydrogens is 298 g/mol. The van der Waals surface area contributed by atoms with Crippen LogP contribution < -0.4 is 5.56 Å². The molecule has 1 amide bonds. The fourth-order valence-corrected chi connectivity index (χ4v) is 2.83. The van der Waals surface area contributed by atoms with Gasteiger partial charge in [0.2, 0.25) is 0 Å². The number of amides is 1. The number of nitrogens with zero attached hydrogens (tertiary/aromatic N) is 2. The zero-order valence-corrected chi connectivity index (χ0v) is 12.9. The third kappa shape index (κ3) is 3.11. The third-order valence-electron chi connectivity index (χ3n) is 4.04. The van der Waals surface area contributed by atoms with Crippen molar-refractivity contribution >= 4 is 16.7 Å². The molecule has 1 saturated heterocycles. The van der Waals surface area contributed by atoms with E-state index in [-0.39, 0.29) is 23.2 Å². The van der Waals surface area contributed by atoms with E-state index in [1.165, 1.54) is 0 Å². The second-order valence-corrected chi connectivity index (χ2v) is 5.46. The Kier molecular flexibility index (Phi) is 4.68. The molecule has 2 heterocycles. The van der Waals surface area contributed by atoms with Gasteiger partial charge in [-0.1, -0.05) is 18.2 Å². The molecule has 1 aromatic heterocycles. The summed E-state index contributed by atoms with van der Waals surface area (Å²) < 4.78 is 10.6. The highest BCUT2D eigenvalue weighted by Crippen LogP contribution is 2.18. The van der Waals surface area contributed by atoms with Gasteiger partial charge in [-0.05, 0) is 12.5 Å². The number of H-pyrrole nitrogens is 1. The van der Waals surface area contributed by atoms with E-state index in [2.05, 4.69) is 10.2 Å². The molecule has 1 fully saturated rings. The number of hydrogen-bond acceptors (Lipinski definition) is 5. The summed E-state index contributed by atoms with van der Waals surface area (Å²) in [7, 11) is 1.63. The SMILES string of the molecule is COCCC1COCCN1C(=O)c1n[nH]c(=O)c2ccccc12. The van der Waals surface area contributed by atoms with Gasteiger partial charge in [0.25, 0.3) is 11.5 Å². The number of benzene rings is 1. The fourth-order valence-electron chi connectivity index (χ4n) is 2.83. The Morgan fingerprint density at radius 2 is 2.22 bits per heavy atom. The van der Waals surface area contributed by atoms with Gasteiger partial charge < -0.3 is 14.4 Å². The van der Waals surface area contributed by atoms with E-state index in [4.69, 9.17) is 9.47 Å².